The minimum atomic E-state index is -2.92. The number of sulfone groups is 1. The molecule has 0 spiro atoms. The maximum absolute atomic E-state index is 11.5. The maximum atomic E-state index is 11.5. The van der Waals surface area contributed by atoms with E-state index in [0.717, 1.165) is 11.3 Å². The van der Waals surface area contributed by atoms with Crippen molar-refractivity contribution in [3.63, 3.8) is 0 Å². The van der Waals surface area contributed by atoms with E-state index >= 15 is 0 Å². The molecule has 2 heterocycles. The lowest BCUT2D eigenvalue weighted by atomic mass is 10.0. The van der Waals surface area contributed by atoms with Crippen LogP contribution in [0.1, 0.15) is 49.2 Å². The summed E-state index contributed by atoms with van der Waals surface area (Å²) in [5.74, 6) is 1.10. The first-order chi connectivity index (χ1) is 8.30. The Labute approximate surface area is 113 Å². The fourth-order valence-electron chi connectivity index (χ4n) is 2.40. The van der Waals surface area contributed by atoms with Crippen molar-refractivity contribution in [2.45, 2.75) is 39.0 Å². The summed E-state index contributed by atoms with van der Waals surface area (Å²) in [6.07, 6.45) is 0.596. The van der Waals surface area contributed by atoms with Crippen LogP contribution in [0, 0.1) is 6.92 Å². The van der Waals surface area contributed by atoms with Crippen LogP contribution in [-0.4, -0.2) is 29.9 Å². The molecule has 2 rings (SSSR count). The third-order valence-corrected chi connectivity index (χ3v) is 5.34. The number of aryl methyl sites for hydroxylation is 1. The summed E-state index contributed by atoms with van der Waals surface area (Å²) in [4.78, 5) is 8.74. The van der Waals surface area contributed by atoms with Gasteiger partial charge in [0, 0.05) is 17.2 Å². The fourth-order valence-corrected chi connectivity index (χ4v) is 4.58. The highest BCUT2D eigenvalue weighted by Gasteiger charge is 2.31. The van der Waals surface area contributed by atoms with Crippen molar-refractivity contribution < 1.29 is 8.42 Å². The van der Waals surface area contributed by atoms with E-state index in [9.17, 15) is 8.42 Å². The van der Waals surface area contributed by atoms with Crippen molar-refractivity contribution in [3.05, 3.63) is 22.2 Å². The molecule has 1 unspecified atom stereocenters. The minimum Gasteiger partial charge on any atom is -0.238 e. The molecule has 0 saturated carbocycles. The fraction of sp³-hybridized carbons (Fsp3) is 0.667. The molecule has 0 aliphatic carbocycles. The zero-order valence-electron chi connectivity index (χ0n) is 10.8. The van der Waals surface area contributed by atoms with Gasteiger partial charge in [-0.1, -0.05) is 25.4 Å². The first-order valence-electron chi connectivity index (χ1n) is 6.04. The molecule has 1 aliphatic rings. The molecule has 18 heavy (non-hydrogen) atoms. The Balaban J connectivity index is 2.37. The second-order valence-electron chi connectivity index (χ2n) is 5.13. The third-order valence-electron chi connectivity index (χ3n) is 3.28. The lowest BCUT2D eigenvalue weighted by Gasteiger charge is -2.14. The molecule has 100 valence electrons. The van der Waals surface area contributed by atoms with Crippen molar-refractivity contribution in [2.24, 2.45) is 0 Å². The number of rotatable bonds is 2. The van der Waals surface area contributed by atoms with Gasteiger partial charge >= 0.3 is 0 Å². The molecule has 1 aromatic rings. The van der Waals surface area contributed by atoms with Crippen molar-refractivity contribution in [2.75, 3.05) is 11.5 Å². The highest BCUT2D eigenvalue weighted by Crippen LogP contribution is 2.31. The monoisotopic (exact) mass is 288 g/mol. The van der Waals surface area contributed by atoms with Gasteiger partial charge in [0.2, 0.25) is 0 Å². The van der Waals surface area contributed by atoms with Crippen LogP contribution in [0.25, 0.3) is 0 Å². The highest BCUT2D eigenvalue weighted by molar-refractivity contribution is 7.91. The third kappa shape index (κ3) is 2.67. The van der Waals surface area contributed by atoms with Crippen molar-refractivity contribution in [1.29, 1.82) is 0 Å². The molecule has 0 bridgehead atoms. The molecule has 4 nitrogen and oxygen atoms in total. The van der Waals surface area contributed by atoms with Gasteiger partial charge in [-0.15, -0.1) is 0 Å². The Morgan fingerprint density at radius 1 is 1.33 bits per heavy atom. The van der Waals surface area contributed by atoms with Gasteiger partial charge in [-0.3, -0.25) is 0 Å². The first kappa shape index (κ1) is 13.7. The van der Waals surface area contributed by atoms with Crippen LogP contribution in [0.2, 0.25) is 5.15 Å². The van der Waals surface area contributed by atoms with Gasteiger partial charge in [-0.05, 0) is 19.3 Å². The summed E-state index contributed by atoms with van der Waals surface area (Å²) in [6.45, 7) is 5.98. The van der Waals surface area contributed by atoms with E-state index in [2.05, 4.69) is 9.97 Å². The molecule has 1 aliphatic heterocycles. The van der Waals surface area contributed by atoms with Crippen LogP contribution in [0.5, 0.6) is 0 Å². The zero-order chi connectivity index (χ0) is 13.5. The van der Waals surface area contributed by atoms with Crippen LogP contribution >= 0.6 is 11.6 Å². The summed E-state index contributed by atoms with van der Waals surface area (Å²) in [5, 5.41) is 0.455. The number of hydrogen-bond donors (Lipinski definition) is 0. The van der Waals surface area contributed by atoms with Crippen LogP contribution in [0.3, 0.4) is 0 Å². The molecule has 1 atom stereocenters. The molecule has 0 radical (unpaired) electrons. The van der Waals surface area contributed by atoms with Gasteiger partial charge in [-0.25, -0.2) is 18.4 Å². The molecular weight excluding hydrogens is 272 g/mol. The number of halogens is 1. The zero-order valence-corrected chi connectivity index (χ0v) is 12.3. The van der Waals surface area contributed by atoms with Gasteiger partial charge in [-0.2, -0.15) is 0 Å². The summed E-state index contributed by atoms with van der Waals surface area (Å²) in [7, 11) is -2.92. The summed E-state index contributed by atoms with van der Waals surface area (Å²) < 4.78 is 22.9. The van der Waals surface area contributed by atoms with Crippen molar-refractivity contribution in [1.82, 2.24) is 9.97 Å². The van der Waals surface area contributed by atoms with E-state index in [0.29, 0.717) is 17.4 Å². The number of nitrogens with zero attached hydrogens (tertiary/aromatic N) is 2. The molecule has 0 aromatic carbocycles. The predicted octanol–water partition coefficient (Wildman–Crippen LogP) is 2.46. The molecule has 0 N–H and O–H groups in total. The Morgan fingerprint density at radius 3 is 2.44 bits per heavy atom. The second kappa shape index (κ2) is 4.78. The van der Waals surface area contributed by atoms with Crippen LogP contribution in [0.15, 0.2) is 0 Å². The molecule has 1 aromatic heterocycles. The van der Waals surface area contributed by atoms with Gasteiger partial charge in [0.25, 0.3) is 0 Å². The Bertz CT molecular complexity index is 546. The Morgan fingerprint density at radius 2 is 2.00 bits per heavy atom. The van der Waals surface area contributed by atoms with Gasteiger partial charge in [0.05, 0.1) is 11.5 Å². The van der Waals surface area contributed by atoms with Crippen LogP contribution < -0.4 is 0 Å². The number of hydrogen-bond acceptors (Lipinski definition) is 4. The van der Waals surface area contributed by atoms with E-state index in [1.54, 1.807) is 0 Å². The minimum absolute atomic E-state index is 0.104. The SMILES string of the molecule is Cc1nc(C2CCS(=O)(=O)C2)nc(Cl)c1C(C)C. The number of aromatic nitrogens is 2. The molecule has 1 saturated heterocycles. The topological polar surface area (TPSA) is 59.9 Å². The Hall–Kier alpha value is -0.680. The average molecular weight is 289 g/mol. The molecule has 0 amide bonds. The van der Waals surface area contributed by atoms with Crippen LogP contribution in [-0.2, 0) is 9.84 Å². The molecule has 6 heteroatoms. The smallest absolute Gasteiger partial charge is 0.151 e. The normalized spacial score (nSPS) is 22.6. The lowest BCUT2D eigenvalue weighted by molar-refractivity contribution is 0.601. The average Bonchev–Trinajstić information content (AvgIpc) is 2.57. The first-order valence-corrected chi connectivity index (χ1v) is 8.24. The van der Waals surface area contributed by atoms with E-state index in [1.165, 1.54) is 0 Å². The maximum Gasteiger partial charge on any atom is 0.151 e. The quantitative estimate of drug-likeness (QED) is 0.785. The van der Waals surface area contributed by atoms with E-state index in [1.807, 2.05) is 20.8 Å². The lowest BCUT2D eigenvalue weighted by Crippen LogP contribution is -2.10. The predicted molar refractivity (Wildman–Crippen MR) is 71.9 cm³/mol. The highest BCUT2D eigenvalue weighted by atomic mass is 35.5. The second-order valence-corrected chi connectivity index (χ2v) is 7.71. The largest absolute Gasteiger partial charge is 0.238 e. The van der Waals surface area contributed by atoms with Crippen molar-refractivity contribution >= 4 is 21.4 Å². The summed E-state index contributed by atoms with van der Waals surface area (Å²) >= 11 is 6.18. The summed E-state index contributed by atoms with van der Waals surface area (Å²) in [6, 6.07) is 0. The summed E-state index contributed by atoms with van der Waals surface area (Å²) in [5.41, 5.74) is 1.80. The van der Waals surface area contributed by atoms with Gasteiger partial charge in [0.15, 0.2) is 9.84 Å². The van der Waals surface area contributed by atoms with E-state index in [-0.39, 0.29) is 23.3 Å². The van der Waals surface area contributed by atoms with Gasteiger partial charge in [0.1, 0.15) is 11.0 Å². The van der Waals surface area contributed by atoms with Crippen molar-refractivity contribution in [3.8, 4) is 0 Å². The van der Waals surface area contributed by atoms with Crippen LogP contribution in [0.4, 0.5) is 0 Å². The van der Waals surface area contributed by atoms with Gasteiger partial charge < -0.3 is 0 Å². The Kier molecular flexibility index (Phi) is 3.65. The van der Waals surface area contributed by atoms with E-state index < -0.39 is 9.84 Å². The standard InChI is InChI=1S/C12H17ClN2O2S/c1-7(2)10-8(3)14-12(15-11(10)13)9-4-5-18(16,17)6-9/h7,9H,4-6H2,1-3H3. The van der Waals surface area contributed by atoms with E-state index in [4.69, 9.17) is 11.6 Å². The molecule has 1 fully saturated rings. The molecular formula is C12H17ClN2O2S.